The van der Waals surface area contributed by atoms with Crippen molar-refractivity contribution in [3.63, 3.8) is 0 Å². The molecule has 0 unspecified atom stereocenters. The molecule has 0 spiro atoms. The third-order valence-corrected chi connectivity index (χ3v) is 4.53. The molecule has 0 bridgehead atoms. The molecular formula is C22H28N4O. The molecule has 0 fully saturated rings. The number of nitrogens with one attached hydrogen (secondary N) is 2. The maximum atomic E-state index is 5.88. The van der Waals surface area contributed by atoms with Crippen molar-refractivity contribution in [1.29, 1.82) is 0 Å². The first-order chi connectivity index (χ1) is 13.3. The van der Waals surface area contributed by atoms with Gasteiger partial charge in [0.25, 0.3) is 0 Å². The van der Waals surface area contributed by atoms with E-state index in [0.717, 1.165) is 43.1 Å². The van der Waals surface area contributed by atoms with Crippen molar-refractivity contribution in [2.75, 3.05) is 33.8 Å². The number of rotatable bonds is 10. The lowest BCUT2D eigenvalue weighted by atomic mass is 10.1. The molecule has 3 aromatic rings. The molecule has 5 heteroatoms. The van der Waals surface area contributed by atoms with Gasteiger partial charge in [0.15, 0.2) is 0 Å². The van der Waals surface area contributed by atoms with Gasteiger partial charge >= 0.3 is 0 Å². The number of hydrogen-bond donors (Lipinski definition) is 2. The molecule has 0 amide bonds. The molecule has 142 valence electrons. The molecule has 0 saturated carbocycles. The van der Waals surface area contributed by atoms with Crippen LogP contribution in [0.1, 0.15) is 11.1 Å². The van der Waals surface area contributed by atoms with Gasteiger partial charge in [0.1, 0.15) is 5.75 Å². The normalized spacial score (nSPS) is 11.1. The number of aromatic nitrogens is 2. The molecule has 2 aromatic carbocycles. The Morgan fingerprint density at radius 1 is 1.07 bits per heavy atom. The maximum Gasteiger partial charge on any atom is 0.119 e. The van der Waals surface area contributed by atoms with Gasteiger partial charge in [-0.25, -0.2) is 0 Å². The van der Waals surface area contributed by atoms with Gasteiger partial charge in [-0.05, 0) is 43.9 Å². The zero-order chi connectivity index (χ0) is 18.9. The summed E-state index contributed by atoms with van der Waals surface area (Å²) in [5.74, 6) is 0.887. The Morgan fingerprint density at radius 2 is 1.85 bits per heavy atom. The lowest BCUT2D eigenvalue weighted by Gasteiger charge is -2.16. The summed E-state index contributed by atoms with van der Waals surface area (Å²) in [6.45, 7) is 3.50. The highest BCUT2D eigenvalue weighted by Gasteiger charge is 2.10. The van der Waals surface area contributed by atoms with E-state index >= 15 is 0 Å². The Bertz CT molecular complexity index is 799. The van der Waals surface area contributed by atoms with E-state index in [-0.39, 0.29) is 0 Å². The van der Waals surface area contributed by atoms with Gasteiger partial charge in [-0.15, -0.1) is 0 Å². The van der Waals surface area contributed by atoms with Crippen LogP contribution >= 0.6 is 0 Å². The zero-order valence-corrected chi connectivity index (χ0v) is 16.1. The minimum Gasteiger partial charge on any atom is -0.493 e. The van der Waals surface area contributed by atoms with Crippen LogP contribution in [0.3, 0.4) is 0 Å². The maximum absolute atomic E-state index is 5.88. The summed E-state index contributed by atoms with van der Waals surface area (Å²) in [5.41, 5.74) is 4.59. The molecule has 0 aliphatic carbocycles. The largest absolute Gasteiger partial charge is 0.493 e. The molecule has 1 heterocycles. The fourth-order valence-electron chi connectivity index (χ4n) is 3.00. The van der Waals surface area contributed by atoms with Gasteiger partial charge in [-0.1, -0.05) is 30.3 Å². The Morgan fingerprint density at radius 3 is 2.59 bits per heavy atom. The molecule has 0 aliphatic rings. The zero-order valence-electron chi connectivity index (χ0n) is 16.1. The van der Waals surface area contributed by atoms with E-state index in [2.05, 4.69) is 63.9 Å². The van der Waals surface area contributed by atoms with Crippen molar-refractivity contribution >= 4 is 0 Å². The Balaban J connectivity index is 1.56. The standard InChI is InChI=1S/C22H28N4O/c1-23-13-14-26(2)17-20-16-24-25-22(20)19-8-10-21(11-9-19)27-15-12-18-6-4-3-5-7-18/h3-11,16,23H,12-15,17H2,1-2H3,(H,24,25). The van der Waals surface area contributed by atoms with Crippen LogP contribution in [0.5, 0.6) is 5.75 Å². The van der Waals surface area contributed by atoms with Gasteiger partial charge in [0.05, 0.1) is 12.3 Å². The molecule has 5 nitrogen and oxygen atoms in total. The first-order valence-corrected chi connectivity index (χ1v) is 9.39. The van der Waals surface area contributed by atoms with Gasteiger partial charge in [-0.2, -0.15) is 5.10 Å². The third kappa shape index (κ3) is 5.67. The van der Waals surface area contributed by atoms with Crippen molar-refractivity contribution in [2.45, 2.75) is 13.0 Å². The molecule has 0 saturated heterocycles. The number of hydrogen-bond acceptors (Lipinski definition) is 4. The van der Waals surface area contributed by atoms with Crippen LogP contribution in [-0.4, -0.2) is 48.9 Å². The number of H-pyrrole nitrogens is 1. The molecule has 0 atom stereocenters. The smallest absolute Gasteiger partial charge is 0.119 e. The molecule has 1 aromatic heterocycles. The Kier molecular flexibility index (Phi) is 7.02. The molecule has 27 heavy (non-hydrogen) atoms. The van der Waals surface area contributed by atoms with Crippen molar-refractivity contribution in [3.8, 4) is 17.0 Å². The summed E-state index contributed by atoms with van der Waals surface area (Å²) in [4.78, 5) is 2.28. The summed E-state index contributed by atoms with van der Waals surface area (Å²) in [6.07, 6.45) is 2.89. The number of benzene rings is 2. The van der Waals surface area contributed by atoms with Crippen molar-refractivity contribution in [2.24, 2.45) is 0 Å². The topological polar surface area (TPSA) is 53.2 Å². The van der Waals surface area contributed by atoms with E-state index in [0.29, 0.717) is 6.61 Å². The first-order valence-electron chi connectivity index (χ1n) is 9.39. The summed E-state index contributed by atoms with van der Waals surface area (Å²) >= 11 is 0. The highest BCUT2D eigenvalue weighted by Crippen LogP contribution is 2.24. The highest BCUT2D eigenvalue weighted by molar-refractivity contribution is 5.63. The number of nitrogens with zero attached hydrogens (tertiary/aromatic N) is 2. The average Bonchev–Trinajstić information content (AvgIpc) is 3.16. The number of likely N-dealkylation sites (N-methyl/N-ethyl adjacent to an activating group) is 2. The predicted molar refractivity (Wildman–Crippen MR) is 110 cm³/mol. The quantitative estimate of drug-likeness (QED) is 0.579. The van der Waals surface area contributed by atoms with Crippen LogP contribution in [-0.2, 0) is 13.0 Å². The minimum atomic E-state index is 0.674. The molecular weight excluding hydrogens is 336 g/mol. The number of aromatic amines is 1. The van der Waals surface area contributed by atoms with E-state index < -0.39 is 0 Å². The van der Waals surface area contributed by atoms with Crippen LogP contribution in [0.4, 0.5) is 0 Å². The van der Waals surface area contributed by atoms with Gasteiger partial charge in [0, 0.05) is 43.4 Å². The van der Waals surface area contributed by atoms with Crippen molar-refractivity contribution in [1.82, 2.24) is 20.4 Å². The fourth-order valence-corrected chi connectivity index (χ4v) is 3.00. The van der Waals surface area contributed by atoms with E-state index in [1.165, 1.54) is 11.1 Å². The van der Waals surface area contributed by atoms with E-state index in [1.54, 1.807) is 0 Å². The molecule has 3 rings (SSSR count). The van der Waals surface area contributed by atoms with Gasteiger partial charge in [0.2, 0.25) is 0 Å². The summed E-state index contributed by atoms with van der Waals surface area (Å²) in [6, 6.07) is 18.6. The second-order valence-electron chi connectivity index (χ2n) is 6.71. The SMILES string of the molecule is CNCCN(C)Cc1c[nH]nc1-c1ccc(OCCc2ccccc2)cc1. The van der Waals surface area contributed by atoms with Crippen molar-refractivity contribution in [3.05, 3.63) is 71.9 Å². The summed E-state index contributed by atoms with van der Waals surface area (Å²) in [5, 5.41) is 10.6. The average molecular weight is 364 g/mol. The predicted octanol–water partition coefficient (Wildman–Crippen LogP) is 3.35. The second-order valence-corrected chi connectivity index (χ2v) is 6.71. The monoisotopic (exact) mass is 364 g/mol. The van der Waals surface area contributed by atoms with Crippen LogP contribution in [0.2, 0.25) is 0 Å². The molecule has 0 aliphatic heterocycles. The van der Waals surface area contributed by atoms with Crippen LogP contribution < -0.4 is 10.1 Å². The van der Waals surface area contributed by atoms with Gasteiger partial charge < -0.3 is 15.0 Å². The highest BCUT2D eigenvalue weighted by atomic mass is 16.5. The first kappa shape index (κ1) is 19.1. The minimum absolute atomic E-state index is 0.674. The number of ether oxygens (including phenoxy) is 1. The molecule has 2 N–H and O–H groups in total. The fraction of sp³-hybridized carbons (Fsp3) is 0.318. The van der Waals surface area contributed by atoms with E-state index in [1.807, 2.05) is 31.4 Å². The third-order valence-electron chi connectivity index (χ3n) is 4.53. The summed E-state index contributed by atoms with van der Waals surface area (Å²) in [7, 11) is 4.10. The Hall–Kier alpha value is -2.63. The van der Waals surface area contributed by atoms with Crippen LogP contribution in [0, 0.1) is 0 Å². The van der Waals surface area contributed by atoms with E-state index in [4.69, 9.17) is 4.74 Å². The lowest BCUT2D eigenvalue weighted by molar-refractivity contribution is 0.322. The van der Waals surface area contributed by atoms with Crippen LogP contribution in [0.15, 0.2) is 60.8 Å². The molecule has 0 radical (unpaired) electrons. The summed E-state index contributed by atoms with van der Waals surface area (Å²) < 4.78 is 5.88. The Labute approximate surface area is 161 Å². The van der Waals surface area contributed by atoms with Crippen molar-refractivity contribution < 1.29 is 4.74 Å². The lowest BCUT2D eigenvalue weighted by Crippen LogP contribution is -2.26. The second kappa shape index (κ2) is 9.90. The van der Waals surface area contributed by atoms with Gasteiger partial charge in [-0.3, -0.25) is 5.10 Å². The van der Waals surface area contributed by atoms with Crippen LogP contribution in [0.25, 0.3) is 11.3 Å². The van der Waals surface area contributed by atoms with E-state index in [9.17, 15) is 0 Å².